The second-order valence-electron chi connectivity index (χ2n) is 10.9. The van der Waals surface area contributed by atoms with Crippen molar-refractivity contribution in [2.24, 2.45) is 17.8 Å². The molecule has 1 spiro atoms. The van der Waals surface area contributed by atoms with E-state index >= 15 is 0 Å². The van der Waals surface area contributed by atoms with Gasteiger partial charge in [0.1, 0.15) is 17.4 Å². The Morgan fingerprint density at radius 2 is 1.89 bits per heavy atom. The molecule has 3 heterocycles. The van der Waals surface area contributed by atoms with Crippen LogP contribution in [0.15, 0.2) is 24.3 Å². The van der Waals surface area contributed by atoms with Crippen LogP contribution in [0.3, 0.4) is 0 Å². The Hall–Kier alpha value is -2.65. The zero-order valence-corrected chi connectivity index (χ0v) is 21.8. The molecule has 3 N–H and O–H groups in total. The smallest absolute Gasteiger partial charge is 0.246 e. The van der Waals surface area contributed by atoms with Gasteiger partial charge >= 0.3 is 0 Å². The third-order valence-corrected chi connectivity index (χ3v) is 7.50. The molecule has 0 aromatic heterocycles. The molecule has 198 valence electrons. The van der Waals surface area contributed by atoms with Gasteiger partial charge in [-0.2, -0.15) is 0 Å². The molecular formula is C27H39N3O6. The van der Waals surface area contributed by atoms with Gasteiger partial charge in [0.2, 0.25) is 17.7 Å². The standard InChI is InChI=1S/C27H39N3O6/c1-6-35-19-9-7-17(8-10-19)29-24(32)21-20-11-12-27(36-20)22(21)26(34)30(18(14-31)13-15(2)3)23(27)25(33)28-16(4)5/h7-10,15-16,18,20-23,31H,6,11-14H2,1-5H3,(H,28,33)(H,29,32)/t18-,20-,21+,22+,23?,27?/m1/s1. The number of amides is 3. The quantitative estimate of drug-likeness (QED) is 0.453. The fourth-order valence-corrected chi connectivity index (χ4v) is 6.29. The van der Waals surface area contributed by atoms with E-state index in [-0.39, 0.29) is 36.3 Å². The van der Waals surface area contributed by atoms with Crippen LogP contribution in [0.25, 0.3) is 0 Å². The number of hydrogen-bond acceptors (Lipinski definition) is 6. The number of carbonyl (C=O) groups excluding carboxylic acids is 3. The van der Waals surface area contributed by atoms with Gasteiger partial charge in [-0.05, 0) is 70.2 Å². The SMILES string of the molecule is CCOc1ccc(NC(=O)[C@@H]2[C@H]3C(=O)N([C@@H](CO)CC(C)C)C(C(=O)NC(C)C)C34CC[C@H]2O4)cc1. The van der Waals surface area contributed by atoms with Crippen molar-refractivity contribution in [1.82, 2.24) is 10.2 Å². The number of rotatable bonds is 10. The molecule has 9 nitrogen and oxygen atoms in total. The fourth-order valence-electron chi connectivity index (χ4n) is 6.29. The Balaban J connectivity index is 1.65. The number of fused-ring (bicyclic) bond motifs is 1. The summed E-state index contributed by atoms with van der Waals surface area (Å²) in [6.07, 6.45) is 1.23. The predicted octanol–water partition coefficient (Wildman–Crippen LogP) is 2.33. The van der Waals surface area contributed by atoms with Gasteiger partial charge in [0.25, 0.3) is 0 Å². The van der Waals surface area contributed by atoms with Gasteiger partial charge in [-0.3, -0.25) is 14.4 Å². The van der Waals surface area contributed by atoms with Crippen LogP contribution in [-0.4, -0.2) is 70.8 Å². The normalized spacial score (nSPS) is 29.6. The van der Waals surface area contributed by atoms with Crippen molar-refractivity contribution in [3.8, 4) is 5.75 Å². The molecule has 2 bridgehead atoms. The van der Waals surface area contributed by atoms with E-state index in [2.05, 4.69) is 10.6 Å². The maximum atomic E-state index is 14.0. The minimum Gasteiger partial charge on any atom is -0.494 e. The highest BCUT2D eigenvalue weighted by Crippen LogP contribution is 2.59. The highest BCUT2D eigenvalue weighted by atomic mass is 16.5. The van der Waals surface area contributed by atoms with Crippen molar-refractivity contribution in [3.63, 3.8) is 0 Å². The van der Waals surface area contributed by atoms with E-state index in [0.717, 1.165) is 0 Å². The number of nitrogens with zero attached hydrogens (tertiary/aromatic N) is 1. The summed E-state index contributed by atoms with van der Waals surface area (Å²) in [5.74, 6) is -1.45. The van der Waals surface area contributed by atoms with Gasteiger partial charge in [0, 0.05) is 11.7 Å². The van der Waals surface area contributed by atoms with Crippen LogP contribution in [0.1, 0.15) is 53.9 Å². The first-order valence-corrected chi connectivity index (χ1v) is 13.1. The Morgan fingerprint density at radius 3 is 2.47 bits per heavy atom. The van der Waals surface area contributed by atoms with E-state index < -0.39 is 35.6 Å². The molecule has 36 heavy (non-hydrogen) atoms. The van der Waals surface area contributed by atoms with Crippen LogP contribution >= 0.6 is 0 Å². The number of ether oxygens (including phenoxy) is 2. The summed E-state index contributed by atoms with van der Waals surface area (Å²) in [6, 6.07) is 5.55. The summed E-state index contributed by atoms with van der Waals surface area (Å²) in [5.41, 5.74) is -0.476. The summed E-state index contributed by atoms with van der Waals surface area (Å²) < 4.78 is 11.9. The lowest BCUT2D eigenvalue weighted by molar-refractivity contribution is -0.145. The highest BCUT2D eigenvalue weighted by molar-refractivity contribution is 6.02. The van der Waals surface area contributed by atoms with Crippen LogP contribution in [-0.2, 0) is 19.1 Å². The average molecular weight is 502 g/mol. The van der Waals surface area contributed by atoms with Gasteiger partial charge < -0.3 is 30.1 Å². The number of benzene rings is 1. The van der Waals surface area contributed by atoms with Crippen molar-refractivity contribution in [2.75, 3.05) is 18.5 Å². The van der Waals surface area contributed by atoms with Gasteiger partial charge in [-0.1, -0.05) is 13.8 Å². The molecule has 1 aromatic carbocycles. The van der Waals surface area contributed by atoms with E-state index in [1.54, 1.807) is 24.3 Å². The van der Waals surface area contributed by atoms with Crippen molar-refractivity contribution in [2.45, 2.75) is 83.7 Å². The second-order valence-corrected chi connectivity index (χ2v) is 10.9. The molecule has 0 saturated carbocycles. The maximum absolute atomic E-state index is 14.0. The molecule has 1 aromatic rings. The number of anilines is 1. The number of likely N-dealkylation sites (tertiary alicyclic amines) is 1. The van der Waals surface area contributed by atoms with Crippen LogP contribution in [0.2, 0.25) is 0 Å². The van der Waals surface area contributed by atoms with Crippen molar-refractivity contribution in [3.05, 3.63) is 24.3 Å². The molecule has 3 aliphatic heterocycles. The van der Waals surface area contributed by atoms with Gasteiger partial charge in [-0.25, -0.2) is 0 Å². The van der Waals surface area contributed by atoms with Crippen molar-refractivity contribution >= 4 is 23.4 Å². The molecule has 3 fully saturated rings. The molecule has 6 atom stereocenters. The van der Waals surface area contributed by atoms with Gasteiger partial charge in [-0.15, -0.1) is 0 Å². The molecule has 9 heteroatoms. The van der Waals surface area contributed by atoms with Crippen molar-refractivity contribution in [1.29, 1.82) is 0 Å². The fraction of sp³-hybridized carbons (Fsp3) is 0.667. The topological polar surface area (TPSA) is 117 Å². The Labute approximate surface area is 212 Å². The Bertz CT molecular complexity index is 980. The van der Waals surface area contributed by atoms with E-state index in [4.69, 9.17) is 9.47 Å². The van der Waals surface area contributed by atoms with E-state index in [1.165, 1.54) is 4.90 Å². The van der Waals surface area contributed by atoms with Crippen LogP contribution < -0.4 is 15.4 Å². The average Bonchev–Trinajstić information content (AvgIpc) is 3.45. The third kappa shape index (κ3) is 4.59. The van der Waals surface area contributed by atoms with E-state index in [9.17, 15) is 19.5 Å². The molecule has 3 saturated heterocycles. The first-order chi connectivity index (χ1) is 17.1. The van der Waals surface area contributed by atoms with Gasteiger partial charge in [0.15, 0.2) is 0 Å². The molecule has 3 aliphatic rings. The maximum Gasteiger partial charge on any atom is 0.246 e. The lowest BCUT2D eigenvalue weighted by Crippen LogP contribution is -2.59. The lowest BCUT2D eigenvalue weighted by atomic mass is 9.70. The zero-order valence-electron chi connectivity index (χ0n) is 21.8. The third-order valence-electron chi connectivity index (χ3n) is 7.50. The van der Waals surface area contributed by atoms with Crippen LogP contribution in [0, 0.1) is 17.8 Å². The van der Waals surface area contributed by atoms with E-state index in [0.29, 0.717) is 37.3 Å². The Morgan fingerprint density at radius 1 is 1.19 bits per heavy atom. The molecule has 3 amide bonds. The van der Waals surface area contributed by atoms with Crippen molar-refractivity contribution < 1.29 is 29.0 Å². The number of hydrogen-bond donors (Lipinski definition) is 3. The second kappa shape index (κ2) is 10.4. The summed E-state index contributed by atoms with van der Waals surface area (Å²) in [5, 5.41) is 16.1. The minimum absolute atomic E-state index is 0.125. The van der Waals surface area contributed by atoms with E-state index in [1.807, 2.05) is 34.6 Å². The first-order valence-electron chi connectivity index (χ1n) is 13.1. The number of aliphatic hydroxyl groups is 1. The predicted molar refractivity (Wildman–Crippen MR) is 134 cm³/mol. The molecule has 4 rings (SSSR count). The monoisotopic (exact) mass is 501 g/mol. The van der Waals surface area contributed by atoms with Crippen LogP contribution in [0.5, 0.6) is 5.75 Å². The first kappa shape index (κ1) is 26.4. The summed E-state index contributed by atoms with van der Waals surface area (Å²) in [4.78, 5) is 42.6. The minimum atomic E-state index is -1.08. The molecule has 0 radical (unpaired) electrons. The number of carbonyl (C=O) groups is 3. The molecule has 0 aliphatic carbocycles. The summed E-state index contributed by atoms with van der Waals surface area (Å²) in [6.45, 7) is 9.95. The summed E-state index contributed by atoms with van der Waals surface area (Å²) in [7, 11) is 0. The van der Waals surface area contributed by atoms with Gasteiger partial charge in [0.05, 0.1) is 37.2 Å². The lowest BCUT2D eigenvalue weighted by Gasteiger charge is -2.37. The highest BCUT2D eigenvalue weighted by Gasteiger charge is 2.75. The number of aliphatic hydroxyl groups excluding tert-OH is 1. The number of nitrogens with one attached hydrogen (secondary N) is 2. The van der Waals surface area contributed by atoms with Crippen LogP contribution in [0.4, 0.5) is 5.69 Å². The largest absolute Gasteiger partial charge is 0.494 e. The molecule has 2 unspecified atom stereocenters. The Kier molecular flexibility index (Phi) is 7.61. The zero-order chi connectivity index (χ0) is 26.2. The molecular weight excluding hydrogens is 462 g/mol. The summed E-state index contributed by atoms with van der Waals surface area (Å²) >= 11 is 0.